The number of aromatic nitrogens is 2. The van der Waals surface area contributed by atoms with Gasteiger partial charge < -0.3 is 0 Å². The standard InChI is InChI=1S/C15H14N2/c1-2-6-12(7-3-1)10-11-15-13-8-4-5-9-14(13)16-17-15/h1-3,5-7,9-11H,4,8H2,(H,16,17). The largest absolute Gasteiger partial charge is 0.278 e. The average Bonchev–Trinajstić information content (AvgIpc) is 2.81. The molecule has 1 N–H and O–H groups in total. The van der Waals surface area contributed by atoms with Crippen molar-refractivity contribution in [1.29, 1.82) is 0 Å². The molecule has 0 aliphatic heterocycles. The van der Waals surface area contributed by atoms with Gasteiger partial charge in [-0.2, -0.15) is 5.10 Å². The van der Waals surface area contributed by atoms with Crippen LogP contribution in [0.5, 0.6) is 0 Å². The van der Waals surface area contributed by atoms with Gasteiger partial charge in [-0.25, -0.2) is 0 Å². The Bertz CT molecular complexity index is 562. The van der Waals surface area contributed by atoms with Gasteiger partial charge in [-0.15, -0.1) is 0 Å². The van der Waals surface area contributed by atoms with E-state index in [2.05, 4.69) is 46.6 Å². The molecule has 2 heteroatoms. The molecule has 0 unspecified atom stereocenters. The normalized spacial score (nSPS) is 14.1. The summed E-state index contributed by atoms with van der Waals surface area (Å²) in [4.78, 5) is 0. The van der Waals surface area contributed by atoms with Crippen molar-refractivity contribution >= 4 is 18.2 Å². The van der Waals surface area contributed by atoms with E-state index in [1.807, 2.05) is 18.2 Å². The first-order chi connectivity index (χ1) is 8.43. The third-order valence-electron chi connectivity index (χ3n) is 3.01. The third kappa shape index (κ3) is 2.07. The molecule has 0 radical (unpaired) electrons. The Balaban J connectivity index is 1.89. The molecule has 0 atom stereocenters. The summed E-state index contributed by atoms with van der Waals surface area (Å²) in [5.41, 5.74) is 4.76. The summed E-state index contributed by atoms with van der Waals surface area (Å²) < 4.78 is 0. The zero-order valence-electron chi connectivity index (χ0n) is 9.56. The van der Waals surface area contributed by atoms with Crippen molar-refractivity contribution in [2.45, 2.75) is 12.8 Å². The van der Waals surface area contributed by atoms with Gasteiger partial charge in [-0.05, 0) is 30.6 Å². The molecule has 1 aromatic carbocycles. The van der Waals surface area contributed by atoms with E-state index >= 15 is 0 Å². The van der Waals surface area contributed by atoms with Gasteiger partial charge in [-0.1, -0.05) is 42.5 Å². The summed E-state index contributed by atoms with van der Waals surface area (Å²) in [5, 5.41) is 7.42. The van der Waals surface area contributed by atoms with Crippen LogP contribution in [-0.2, 0) is 6.42 Å². The van der Waals surface area contributed by atoms with Gasteiger partial charge in [0.05, 0.1) is 11.4 Å². The Kier molecular flexibility index (Phi) is 2.62. The lowest BCUT2D eigenvalue weighted by molar-refractivity contribution is 0.983. The van der Waals surface area contributed by atoms with E-state index in [4.69, 9.17) is 0 Å². The smallest absolute Gasteiger partial charge is 0.0887 e. The minimum absolute atomic E-state index is 1.06. The molecular weight excluding hydrogens is 208 g/mol. The van der Waals surface area contributed by atoms with Crippen molar-refractivity contribution in [3.05, 3.63) is 58.9 Å². The lowest BCUT2D eigenvalue weighted by Gasteiger charge is -2.03. The van der Waals surface area contributed by atoms with E-state index in [1.54, 1.807) is 0 Å². The zero-order valence-corrected chi connectivity index (χ0v) is 9.56. The Morgan fingerprint density at radius 1 is 1.12 bits per heavy atom. The van der Waals surface area contributed by atoms with Gasteiger partial charge in [-0.3, -0.25) is 5.10 Å². The van der Waals surface area contributed by atoms with E-state index in [-0.39, 0.29) is 0 Å². The maximum absolute atomic E-state index is 4.35. The van der Waals surface area contributed by atoms with E-state index in [1.165, 1.54) is 11.1 Å². The van der Waals surface area contributed by atoms with Crippen LogP contribution in [0.4, 0.5) is 0 Å². The van der Waals surface area contributed by atoms with E-state index in [0.717, 1.165) is 24.2 Å². The van der Waals surface area contributed by atoms with Crippen LogP contribution in [0.3, 0.4) is 0 Å². The molecule has 1 aliphatic carbocycles. The number of allylic oxidation sites excluding steroid dienone is 1. The Labute approximate surface area is 101 Å². The number of nitrogens with zero attached hydrogens (tertiary/aromatic N) is 1. The second-order valence-electron chi connectivity index (χ2n) is 4.19. The molecule has 0 bridgehead atoms. The summed E-state index contributed by atoms with van der Waals surface area (Å²) in [6.45, 7) is 0. The van der Waals surface area contributed by atoms with E-state index < -0.39 is 0 Å². The van der Waals surface area contributed by atoms with Crippen molar-refractivity contribution in [3.63, 3.8) is 0 Å². The van der Waals surface area contributed by atoms with Gasteiger partial charge in [0, 0.05) is 5.56 Å². The second kappa shape index (κ2) is 4.42. The van der Waals surface area contributed by atoms with Crippen molar-refractivity contribution in [2.75, 3.05) is 0 Å². The number of fused-ring (bicyclic) bond motifs is 1. The van der Waals surface area contributed by atoms with Crippen molar-refractivity contribution in [2.24, 2.45) is 0 Å². The molecule has 2 nitrogen and oxygen atoms in total. The van der Waals surface area contributed by atoms with Crippen LogP contribution >= 0.6 is 0 Å². The molecule has 2 aromatic rings. The third-order valence-corrected chi connectivity index (χ3v) is 3.01. The van der Waals surface area contributed by atoms with Crippen LogP contribution in [0.25, 0.3) is 18.2 Å². The molecule has 3 rings (SSSR count). The topological polar surface area (TPSA) is 28.7 Å². The number of H-pyrrole nitrogens is 1. The molecule has 84 valence electrons. The van der Waals surface area contributed by atoms with Crippen LogP contribution in [-0.4, -0.2) is 10.2 Å². The van der Waals surface area contributed by atoms with Crippen molar-refractivity contribution in [1.82, 2.24) is 10.2 Å². The second-order valence-corrected chi connectivity index (χ2v) is 4.19. The average molecular weight is 222 g/mol. The SMILES string of the molecule is C1=Cc2[nH]nc(C=Cc3ccccc3)c2CC1. The first kappa shape index (κ1) is 10.1. The summed E-state index contributed by atoms with van der Waals surface area (Å²) in [6.07, 6.45) is 10.7. The number of rotatable bonds is 2. The Morgan fingerprint density at radius 3 is 2.88 bits per heavy atom. The van der Waals surface area contributed by atoms with Crippen LogP contribution in [0.15, 0.2) is 36.4 Å². The quantitative estimate of drug-likeness (QED) is 0.827. The predicted molar refractivity (Wildman–Crippen MR) is 71.3 cm³/mol. The van der Waals surface area contributed by atoms with E-state index in [9.17, 15) is 0 Å². The van der Waals surface area contributed by atoms with Gasteiger partial charge in [0.1, 0.15) is 0 Å². The lowest BCUT2D eigenvalue weighted by Crippen LogP contribution is -1.92. The zero-order chi connectivity index (χ0) is 11.5. The van der Waals surface area contributed by atoms with Crippen molar-refractivity contribution in [3.8, 4) is 0 Å². The van der Waals surface area contributed by atoms with Crippen molar-refractivity contribution < 1.29 is 0 Å². The van der Waals surface area contributed by atoms with Gasteiger partial charge in [0.2, 0.25) is 0 Å². The van der Waals surface area contributed by atoms with Crippen LogP contribution in [0.1, 0.15) is 28.9 Å². The highest BCUT2D eigenvalue weighted by molar-refractivity contribution is 5.71. The summed E-state index contributed by atoms with van der Waals surface area (Å²) in [7, 11) is 0. The Morgan fingerprint density at radius 2 is 2.00 bits per heavy atom. The molecule has 0 amide bonds. The van der Waals surface area contributed by atoms with Crippen LogP contribution in [0, 0.1) is 0 Å². The fourth-order valence-corrected chi connectivity index (χ4v) is 2.10. The van der Waals surface area contributed by atoms with Crippen LogP contribution < -0.4 is 0 Å². The molecule has 0 fully saturated rings. The fraction of sp³-hybridized carbons (Fsp3) is 0.133. The predicted octanol–water partition coefficient (Wildman–Crippen LogP) is 3.54. The molecule has 1 heterocycles. The summed E-state index contributed by atoms with van der Waals surface area (Å²) >= 11 is 0. The molecule has 0 spiro atoms. The fourth-order valence-electron chi connectivity index (χ4n) is 2.10. The molecule has 17 heavy (non-hydrogen) atoms. The molecular formula is C15H14N2. The van der Waals surface area contributed by atoms with E-state index in [0.29, 0.717) is 0 Å². The van der Waals surface area contributed by atoms with Gasteiger partial charge >= 0.3 is 0 Å². The summed E-state index contributed by atoms with van der Waals surface area (Å²) in [6, 6.07) is 10.3. The highest BCUT2D eigenvalue weighted by atomic mass is 15.1. The number of aromatic amines is 1. The molecule has 0 saturated heterocycles. The molecule has 1 aliphatic rings. The maximum Gasteiger partial charge on any atom is 0.0887 e. The summed E-state index contributed by atoms with van der Waals surface area (Å²) in [5.74, 6) is 0. The number of benzene rings is 1. The monoisotopic (exact) mass is 222 g/mol. The Hall–Kier alpha value is -2.09. The minimum Gasteiger partial charge on any atom is -0.278 e. The first-order valence-corrected chi connectivity index (χ1v) is 5.90. The van der Waals surface area contributed by atoms with Gasteiger partial charge in [0.15, 0.2) is 0 Å². The highest BCUT2D eigenvalue weighted by Gasteiger charge is 2.10. The molecule has 0 saturated carbocycles. The number of hydrogen-bond donors (Lipinski definition) is 1. The van der Waals surface area contributed by atoms with Gasteiger partial charge in [0.25, 0.3) is 0 Å². The van der Waals surface area contributed by atoms with Crippen LogP contribution in [0.2, 0.25) is 0 Å². The number of hydrogen-bond acceptors (Lipinski definition) is 1. The molecule has 1 aromatic heterocycles. The maximum atomic E-state index is 4.35. The minimum atomic E-state index is 1.06. The number of nitrogens with one attached hydrogen (secondary N) is 1. The lowest BCUT2D eigenvalue weighted by atomic mass is 10.0. The first-order valence-electron chi connectivity index (χ1n) is 5.90. The highest BCUT2D eigenvalue weighted by Crippen LogP contribution is 2.21.